The van der Waals surface area contributed by atoms with E-state index in [0.29, 0.717) is 5.57 Å². The maximum Gasteiger partial charge on any atom is 0.333 e. The summed E-state index contributed by atoms with van der Waals surface area (Å²) >= 11 is 0. The fraction of sp³-hybridized carbons (Fsp3) is 0.455. The second kappa shape index (κ2) is 7.06. The molecule has 0 fully saturated rings. The van der Waals surface area contributed by atoms with Gasteiger partial charge in [0.25, 0.3) is 0 Å². The van der Waals surface area contributed by atoms with Gasteiger partial charge >= 0.3 is 5.97 Å². The molecule has 0 aliphatic carbocycles. The Balaban J connectivity index is 3.99. The van der Waals surface area contributed by atoms with Gasteiger partial charge in [-0.2, -0.15) is 0 Å². The molecule has 0 aromatic carbocycles. The Labute approximate surface area is 84.4 Å². The summed E-state index contributed by atoms with van der Waals surface area (Å²) in [5.74, 6) is -0.304. The van der Waals surface area contributed by atoms with E-state index in [1.807, 2.05) is 13.0 Å². The number of rotatable bonds is 5. The zero-order chi connectivity index (χ0) is 11.0. The van der Waals surface area contributed by atoms with E-state index >= 15 is 0 Å². The molecule has 0 aromatic heterocycles. The van der Waals surface area contributed by atoms with Gasteiger partial charge in [-0.25, -0.2) is 4.79 Å². The molecule has 78 valence electrons. The smallest absolute Gasteiger partial charge is 0.333 e. The first-order chi connectivity index (χ1) is 6.61. The van der Waals surface area contributed by atoms with Gasteiger partial charge in [0.15, 0.2) is 0 Å². The Bertz CT molecular complexity index is 262. The molecule has 0 aliphatic heterocycles. The number of hydrogen-bond acceptors (Lipinski definition) is 3. The predicted molar refractivity (Wildman–Crippen MR) is 54.8 cm³/mol. The quantitative estimate of drug-likeness (QED) is 0.384. The summed E-state index contributed by atoms with van der Waals surface area (Å²) in [5.41, 5.74) is 1.61. The van der Waals surface area contributed by atoms with Gasteiger partial charge in [0.05, 0.1) is 7.11 Å². The van der Waals surface area contributed by atoms with Gasteiger partial charge in [-0.1, -0.05) is 11.6 Å². The fourth-order valence-corrected chi connectivity index (χ4v) is 0.960. The van der Waals surface area contributed by atoms with Gasteiger partial charge in [0.2, 0.25) is 0 Å². The maximum absolute atomic E-state index is 11.0. The molecule has 0 atom stereocenters. The summed E-state index contributed by atoms with van der Waals surface area (Å²) in [4.78, 5) is 21.1. The van der Waals surface area contributed by atoms with Gasteiger partial charge in [-0.3, -0.25) is 4.79 Å². The third-order valence-corrected chi connectivity index (χ3v) is 1.85. The van der Waals surface area contributed by atoms with Crippen molar-refractivity contribution in [2.45, 2.75) is 26.7 Å². The molecule has 0 unspecified atom stereocenters. The highest BCUT2D eigenvalue weighted by Crippen LogP contribution is 2.06. The van der Waals surface area contributed by atoms with Gasteiger partial charge in [0.1, 0.15) is 6.29 Å². The molecule has 0 aliphatic rings. The summed E-state index contributed by atoms with van der Waals surface area (Å²) in [7, 11) is 1.36. The average Bonchev–Trinajstić information content (AvgIpc) is 2.16. The maximum atomic E-state index is 11.0. The number of aldehydes is 1. The highest BCUT2D eigenvalue weighted by atomic mass is 16.5. The minimum absolute atomic E-state index is 0.304. The van der Waals surface area contributed by atoms with Crippen LogP contribution in [-0.2, 0) is 14.3 Å². The highest BCUT2D eigenvalue weighted by molar-refractivity contribution is 5.87. The largest absolute Gasteiger partial charge is 0.466 e. The predicted octanol–water partition coefficient (Wildman–Crippen LogP) is 2.03. The van der Waals surface area contributed by atoms with E-state index in [4.69, 9.17) is 0 Å². The van der Waals surface area contributed by atoms with Crippen LogP contribution in [0, 0.1) is 0 Å². The van der Waals surface area contributed by atoms with E-state index in [9.17, 15) is 9.59 Å². The van der Waals surface area contributed by atoms with Crippen molar-refractivity contribution in [3.8, 4) is 0 Å². The third kappa shape index (κ3) is 5.30. The summed E-state index contributed by atoms with van der Waals surface area (Å²) in [6, 6.07) is 0. The van der Waals surface area contributed by atoms with Crippen LogP contribution in [0.3, 0.4) is 0 Å². The number of ether oxygens (including phenoxy) is 1. The molecule has 14 heavy (non-hydrogen) atoms. The molecule has 3 heteroatoms. The van der Waals surface area contributed by atoms with Crippen LogP contribution >= 0.6 is 0 Å². The third-order valence-electron chi connectivity index (χ3n) is 1.85. The van der Waals surface area contributed by atoms with Crippen molar-refractivity contribution < 1.29 is 14.3 Å². The molecule has 0 radical (unpaired) electrons. The minimum atomic E-state index is -0.304. The number of carbonyl (C=O) groups excluding carboxylic acids is 2. The van der Waals surface area contributed by atoms with E-state index in [2.05, 4.69) is 4.74 Å². The monoisotopic (exact) mass is 196 g/mol. The summed E-state index contributed by atoms with van der Waals surface area (Å²) in [6.45, 7) is 3.60. The lowest BCUT2D eigenvalue weighted by Crippen LogP contribution is -2.01. The molecule has 0 heterocycles. The zero-order valence-corrected chi connectivity index (χ0v) is 8.87. The molecule has 3 nitrogen and oxygen atoms in total. The average molecular weight is 196 g/mol. The van der Waals surface area contributed by atoms with Crippen molar-refractivity contribution >= 4 is 12.3 Å². The second-order valence-electron chi connectivity index (χ2n) is 3.07. The van der Waals surface area contributed by atoms with Crippen LogP contribution in [0.15, 0.2) is 23.3 Å². The summed E-state index contributed by atoms with van der Waals surface area (Å²) in [5, 5.41) is 0. The molecular formula is C11H16O3. The van der Waals surface area contributed by atoms with E-state index in [1.54, 1.807) is 6.92 Å². The van der Waals surface area contributed by atoms with Crippen molar-refractivity contribution in [2.24, 2.45) is 0 Å². The molecule has 0 saturated heterocycles. The van der Waals surface area contributed by atoms with E-state index in [-0.39, 0.29) is 5.97 Å². The van der Waals surface area contributed by atoms with Gasteiger partial charge in [0, 0.05) is 5.57 Å². The Kier molecular flexibility index (Phi) is 6.37. The van der Waals surface area contributed by atoms with Crippen molar-refractivity contribution in [2.75, 3.05) is 7.11 Å². The topological polar surface area (TPSA) is 43.4 Å². The number of esters is 1. The molecule has 0 N–H and O–H groups in total. The van der Waals surface area contributed by atoms with Gasteiger partial charge in [-0.05, 0) is 32.8 Å². The van der Waals surface area contributed by atoms with Crippen molar-refractivity contribution in [3.05, 3.63) is 23.3 Å². The minimum Gasteiger partial charge on any atom is -0.466 e. The van der Waals surface area contributed by atoms with Crippen LogP contribution in [-0.4, -0.2) is 19.4 Å². The fourth-order valence-electron chi connectivity index (χ4n) is 0.960. The number of hydrogen-bond donors (Lipinski definition) is 0. The van der Waals surface area contributed by atoms with Crippen LogP contribution in [0.5, 0.6) is 0 Å². The van der Waals surface area contributed by atoms with E-state index in [1.165, 1.54) is 13.2 Å². The Morgan fingerprint density at radius 2 is 2.00 bits per heavy atom. The lowest BCUT2D eigenvalue weighted by molar-refractivity contribution is -0.136. The Hall–Kier alpha value is -1.38. The van der Waals surface area contributed by atoms with Crippen LogP contribution in [0.1, 0.15) is 26.7 Å². The molecule has 0 saturated carbocycles. The number of carbonyl (C=O) groups is 2. The summed E-state index contributed by atoms with van der Waals surface area (Å²) < 4.78 is 4.54. The standard InChI is InChI=1S/C11H16O3/c1-9(7-8-12)5-4-6-10(2)11(13)14-3/h6-8H,4-5H2,1-3H3/b9-7+,10-6+. The molecule has 0 bridgehead atoms. The van der Waals surface area contributed by atoms with Gasteiger partial charge < -0.3 is 4.74 Å². The lowest BCUT2D eigenvalue weighted by atomic mass is 10.1. The van der Waals surface area contributed by atoms with Crippen molar-refractivity contribution in [1.29, 1.82) is 0 Å². The molecule has 0 amide bonds. The van der Waals surface area contributed by atoms with E-state index < -0.39 is 0 Å². The lowest BCUT2D eigenvalue weighted by Gasteiger charge is -1.99. The van der Waals surface area contributed by atoms with Gasteiger partial charge in [-0.15, -0.1) is 0 Å². The van der Waals surface area contributed by atoms with Crippen molar-refractivity contribution in [3.63, 3.8) is 0 Å². The zero-order valence-electron chi connectivity index (χ0n) is 8.87. The molecule has 0 aromatic rings. The Morgan fingerprint density at radius 1 is 1.36 bits per heavy atom. The second-order valence-corrected chi connectivity index (χ2v) is 3.07. The van der Waals surface area contributed by atoms with Crippen LogP contribution in [0.4, 0.5) is 0 Å². The van der Waals surface area contributed by atoms with E-state index in [0.717, 1.165) is 24.7 Å². The molecular weight excluding hydrogens is 180 g/mol. The van der Waals surface area contributed by atoms with Crippen LogP contribution < -0.4 is 0 Å². The Morgan fingerprint density at radius 3 is 2.50 bits per heavy atom. The normalized spacial score (nSPS) is 12.5. The van der Waals surface area contributed by atoms with Crippen molar-refractivity contribution in [1.82, 2.24) is 0 Å². The molecule has 0 rings (SSSR count). The van der Waals surface area contributed by atoms with Crippen LogP contribution in [0.2, 0.25) is 0 Å². The SMILES string of the molecule is COC(=O)/C(C)=C/CC/C(C)=C/C=O. The molecule has 0 spiro atoms. The summed E-state index contributed by atoms with van der Waals surface area (Å²) in [6.07, 6.45) is 5.64. The van der Waals surface area contributed by atoms with Crippen LogP contribution in [0.25, 0.3) is 0 Å². The number of methoxy groups -OCH3 is 1. The number of allylic oxidation sites excluding steroid dienone is 3. The first kappa shape index (κ1) is 12.6. The first-order valence-electron chi connectivity index (χ1n) is 4.47. The first-order valence-corrected chi connectivity index (χ1v) is 4.47. The highest BCUT2D eigenvalue weighted by Gasteiger charge is 2.01.